The zero-order valence-corrected chi connectivity index (χ0v) is 10.9. The van der Waals surface area contributed by atoms with Gasteiger partial charge in [0.15, 0.2) is 0 Å². The monoisotopic (exact) mass is 265 g/mol. The predicted octanol–water partition coefficient (Wildman–Crippen LogP) is 2.77. The van der Waals surface area contributed by atoms with E-state index in [-0.39, 0.29) is 0 Å². The molecule has 0 radical (unpaired) electrons. The Kier molecular flexibility index (Phi) is 4.70. The van der Waals surface area contributed by atoms with Crippen molar-refractivity contribution >= 4 is 17.3 Å². The second-order valence-corrected chi connectivity index (χ2v) is 4.70. The third kappa shape index (κ3) is 3.53. The Balaban J connectivity index is 1.84. The van der Waals surface area contributed by atoms with Gasteiger partial charge in [-0.25, -0.2) is 0 Å². The van der Waals surface area contributed by atoms with Gasteiger partial charge in [-0.2, -0.15) is 0 Å². The SMILES string of the molecule is [N-]=[N+]=NCCN1CCN(c2cccc(Cl)c2)CC1. The highest BCUT2D eigenvalue weighted by atomic mass is 35.5. The first-order valence-corrected chi connectivity index (χ1v) is 6.41. The third-order valence-electron chi connectivity index (χ3n) is 3.13. The zero-order chi connectivity index (χ0) is 12.8. The van der Waals surface area contributed by atoms with Crippen LogP contribution in [0.25, 0.3) is 10.4 Å². The Hall–Kier alpha value is -1.42. The lowest BCUT2D eigenvalue weighted by molar-refractivity contribution is 0.265. The highest BCUT2D eigenvalue weighted by Crippen LogP contribution is 2.20. The van der Waals surface area contributed by atoms with E-state index in [4.69, 9.17) is 17.1 Å². The molecule has 1 heterocycles. The van der Waals surface area contributed by atoms with Crippen molar-refractivity contribution in [1.82, 2.24) is 4.90 Å². The van der Waals surface area contributed by atoms with Gasteiger partial charge in [0.25, 0.3) is 0 Å². The molecule has 0 unspecified atom stereocenters. The molecule has 0 amide bonds. The first-order chi connectivity index (χ1) is 8.79. The molecule has 0 bridgehead atoms. The maximum atomic E-state index is 8.23. The summed E-state index contributed by atoms with van der Waals surface area (Å²) in [6.07, 6.45) is 0. The van der Waals surface area contributed by atoms with Crippen LogP contribution in [0.3, 0.4) is 0 Å². The van der Waals surface area contributed by atoms with Crippen LogP contribution in [0.2, 0.25) is 5.02 Å². The molecule has 2 rings (SSSR count). The molecular weight excluding hydrogens is 250 g/mol. The molecule has 1 aliphatic heterocycles. The summed E-state index contributed by atoms with van der Waals surface area (Å²) in [7, 11) is 0. The fourth-order valence-corrected chi connectivity index (χ4v) is 2.32. The summed E-state index contributed by atoms with van der Waals surface area (Å²) in [5.41, 5.74) is 9.41. The van der Waals surface area contributed by atoms with Crippen LogP contribution in [0, 0.1) is 0 Å². The van der Waals surface area contributed by atoms with Gasteiger partial charge in [0.2, 0.25) is 0 Å². The molecule has 0 N–H and O–H groups in total. The molecule has 0 atom stereocenters. The Bertz CT molecular complexity index is 436. The molecule has 1 aliphatic rings. The Morgan fingerprint density at radius 1 is 1.28 bits per heavy atom. The fourth-order valence-electron chi connectivity index (χ4n) is 2.13. The number of halogens is 1. The largest absolute Gasteiger partial charge is 0.369 e. The van der Waals surface area contributed by atoms with Gasteiger partial charge in [-0.15, -0.1) is 0 Å². The van der Waals surface area contributed by atoms with Crippen molar-refractivity contribution in [2.75, 3.05) is 44.2 Å². The lowest BCUT2D eigenvalue weighted by atomic mass is 10.2. The predicted molar refractivity (Wildman–Crippen MR) is 74.1 cm³/mol. The number of anilines is 1. The average Bonchev–Trinajstić information content (AvgIpc) is 2.40. The van der Waals surface area contributed by atoms with Gasteiger partial charge < -0.3 is 4.90 Å². The molecule has 1 aromatic carbocycles. The zero-order valence-electron chi connectivity index (χ0n) is 10.2. The van der Waals surface area contributed by atoms with Crippen molar-refractivity contribution < 1.29 is 0 Å². The van der Waals surface area contributed by atoms with Gasteiger partial charge in [0.05, 0.1) is 0 Å². The van der Waals surface area contributed by atoms with E-state index in [0.717, 1.165) is 37.7 Å². The molecule has 1 aromatic rings. The van der Waals surface area contributed by atoms with Crippen LogP contribution >= 0.6 is 11.6 Å². The van der Waals surface area contributed by atoms with Crippen molar-refractivity contribution in [3.05, 3.63) is 39.7 Å². The first-order valence-electron chi connectivity index (χ1n) is 6.03. The maximum absolute atomic E-state index is 8.23. The van der Waals surface area contributed by atoms with Gasteiger partial charge >= 0.3 is 0 Å². The van der Waals surface area contributed by atoms with Crippen LogP contribution in [0.1, 0.15) is 0 Å². The number of hydrogen-bond acceptors (Lipinski definition) is 3. The highest BCUT2D eigenvalue weighted by molar-refractivity contribution is 6.30. The van der Waals surface area contributed by atoms with E-state index in [9.17, 15) is 0 Å². The van der Waals surface area contributed by atoms with Crippen LogP contribution in [0.4, 0.5) is 5.69 Å². The molecule has 1 fully saturated rings. The minimum absolute atomic E-state index is 0.549. The summed E-state index contributed by atoms with van der Waals surface area (Å²) >= 11 is 5.99. The van der Waals surface area contributed by atoms with E-state index >= 15 is 0 Å². The van der Waals surface area contributed by atoms with Crippen molar-refractivity contribution in [2.45, 2.75) is 0 Å². The van der Waals surface area contributed by atoms with Crippen LogP contribution in [0.15, 0.2) is 29.4 Å². The number of nitrogens with zero attached hydrogens (tertiary/aromatic N) is 5. The van der Waals surface area contributed by atoms with E-state index < -0.39 is 0 Å². The second-order valence-electron chi connectivity index (χ2n) is 4.26. The van der Waals surface area contributed by atoms with Gasteiger partial charge in [0.1, 0.15) is 0 Å². The summed E-state index contributed by atoms with van der Waals surface area (Å²) in [6, 6.07) is 7.95. The number of rotatable bonds is 4. The smallest absolute Gasteiger partial charge is 0.0426 e. The topological polar surface area (TPSA) is 55.2 Å². The van der Waals surface area contributed by atoms with E-state index in [2.05, 4.69) is 25.9 Å². The lowest BCUT2D eigenvalue weighted by Crippen LogP contribution is -2.47. The van der Waals surface area contributed by atoms with Crippen LogP contribution in [-0.4, -0.2) is 44.2 Å². The second kappa shape index (κ2) is 6.50. The van der Waals surface area contributed by atoms with Crippen LogP contribution in [-0.2, 0) is 0 Å². The van der Waals surface area contributed by atoms with Gasteiger partial charge in [0, 0.05) is 54.9 Å². The molecule has 0 aliphatic carbocycles. The lowest BCUT2D eigenvalue weighted by Gasteiger charge is -2.35. The van der Waals surface area contributed by atoms with Crippen molar-refractivity contribution in [3.8, 4) is 0 Å². The van der Waals surface area contributed by atoms with E-state index in [1.54, 1.807) is 0 Å². The maximum Gasteiger partial charge on any atom is 0.0426 e. The first kappa shape index (κ1) is 13.0. The molecule has 0 aromatic heterocycles. The number of hydrogen-bond donors (Lipinski definition) is 0. The third-order valence-corrected chi connectivity index (χ3v) is 3.36. The Labute approximate surface area is 112 Å². The van der Waals surface area contributed by atoms with E-state index in [0.29, 0.717) is 6.54 Å². The van der Waals surface area contributed by atoms with E-state index in [1.165, 1.54) is 5.69 Å². The Morgan fingerprint density at radius 2 is 2.06 bits per heavy atom. The molecule has 96 valence electrons. The Morgan fingerprint density at radius 3 is 2.72 bits per heavy atom. The quantitative estimate of drug-likeness (QED) is 0.477. The number of benzene rings is 1. The minimum atomic E-state index is 0.549. The van der Waals surface area contributed by atoms with Gasteiger partial charge in [-0.1, -0.05) is 22.8 Å². The molecule has 0 saturated carbocycles. The van der Waals surface area contributed by atoms with Gasteiger partial charge in [-0.3, -0.25) is 4.90 Å². The summed E-state index contributed by atoms with van der Waals surface area (Å²) in [5, 5.41) is 4.34. The summed E-state index contributed by atoms with van der Waals surface area (Å²) < 4.78 is 0. The van der Waals surface area contributed by atoms with E-state index in [1.807, 2.05) is 18.2 Å². The fraction of sp³-hybridized carbons (Fsp3) is 0.500. The summed E-state index contributed by atoms with van der Waals surface area (Å²) in [6.45, 7) is 5.34. The molecule has 0 spiro atoms. The summed E-state index contributed by atoms with van der Waals surface area (Å²) in [4.78, 5) is 7.41. The van der Waals surface area contributed by atoms with Gasteiger partial charge in [-0.05, 0) is 23.7 Å². The summed E-state index contributed by atoms with van der Waals surface area (Å²) in [5.74, 6) is 0. The van der Waals surface area contributed by atoms with Crippen LogP contribution < -0.4 is 4.90 Å². The van der Waals surface area contributed by atoms with Crippen LogP contribution in [0.5, 0.6) is 0 Å². The minimum Gasteiger partial charge on any atom is -0.369 e. The number of piperazine rings is 1. The molecule has 1 saturated heterocycles. The van der Waals surface area contributed by atoms with Crippen molar-refractivity contribution in [2.24, 2.45) is 5.11 Å². The van der Waals surface area contributed by atoms with Crippen molar-refractivity contribution in [1.29, 1.82) is 0 Å². The molecule has 18 heavy (non-hydrogen) atoms. The molecular formula is C12H16ClN5. The number of azide groups is 1. The van der Waals surface area contributed by atoms with Crippen molar-refractivity contribution in [3.63, 3.8) is 0 Å². The highest BCUT2D eigenvalue weighted by Gasteiger charge is 2.16. The average molecular weight is 266 g/mol. The molecule has 5 nitrogen and oxygen atoms in total. The molecule has 6 heteroatoms. The normalized spacial score (nSPS) is 16.4. The standard InChI is InChI=1S/C12H16ClN5/c13-11-2-1-3-12(10-11)18-8-6-17(7-9-18)5-4-15-16-14/h1-3,10H,4-9H2.